The van der Waals surface area contributed by atoms with E-state index in [0.717, 1.165) is 0 Å². The summed E-state index contributed by atoms with van der Waals surface area (Å²) in [5.74, 6) is -0.218. The average Bonchev–Trinajstić information content (AvgIpc) is 1.99. The lowest BCUT2D eigenvalue weighted by Gasteiger charge is -2.13. The molecule has 0 fully saturated rings. The normalized spacial score (nSPS) is 9.92. The van der Waals surface area contributed by atoms with Crippen molar-refractivity contribution in [1.29, 1.82) is 0 Å². The van der Waals surface area contributed by atoms with Gasteiger partial charge in [0.05, 0.1) is 18.5 Å². The molecule has 0 radical (unpaired) electrons. The SMILES string of the molecule is COC(=O)CCN(C)CC(N)=S. The van der Waals surface area contributed by atoms with Gasteiger partial charge < -0.3 is 10.5 Å². The van der Waals surface area contributed by atoms with Gasteiger partial charge in [-0.15, -0.1) is 0 Å². The van der Waals surface area contributed by atoms with E-state index in [0.29, 0.717) is 24.5 Å². The number of esters is 1. The molecule has 4 nitrogen and oxygen atoms in total. The van der Waals surface area contributed by atoms with Crippen LogP contribution in [0.1, 0.15) is 6.42 Å². The Morgan fingerprint density at radius 2 is 2.25 bits per heavy atom. The standard InChI is InChI=1S/C7H14N2O2S/c1-9(5-6(8)12)4-3-7(10)11-2/h3-5H2,1-2H3,(H2,8,12). The lowest BCUT2D eigenvalue weighted by Crippen LogP contribution is -2.31. The fraction of sp³-hybridized carbons (Fsp3) is 0.714. The zero-order valence-corrected chi connectivity index (χ0v) is 8.19. The Morgan fingerprint density at radius 1 is 1.67 bits per heavy atom. The Kier molecular flexibility index (Phi) is 5.57. The molecule has 0 aromatic rings. The summed E-state index contributed by atoms with van der Waals surface area (Å²) in [6, 6.07) is 0. The van der Waals surface area contributed by atoms with Crippen LogP contribution in [0, 0.1) is 0 Å². The Bertz CT molecular complexity index is 173. The second-order valence-corrected chi connectivity index (χ2v) is 3.05. The summed E-state index contributed by atoms with van der Waals surface area (Å²) in [5.41, 5.74) is 5.31. The fourth-order valence-corrected chi connectivity index (χ4v) is 0.950. The van der Waals surface area contributed by atoms with Crippen LogP contribution in [-0.2, 0) is 9.53 Å². The molecular formula is C7H14N2O2S. The zero-order chi connectivity index (χ0) is 9.56. The van der Waals surface area contributed by atoms with E-state index in [-0.39, 0.29) is 5.97 Å². The molecule has 0 spiro atoms. The van der Waals surface area contributed by atoms with Crippen LogP contribution in [0.3, 0.4) is 0 Å². The predicted molar refractivity (Wildman–Crippen MR) is 50.9 cm³/mol. The van der Waals surface area contributed by atoms with Crippen molar-refractivity contribution in [1.82, 2.24) is 4.90 Å². The van der Waals surface area contributed by atoms with Crippen LogP contribution in [0.4, 0.5) is 0 Å². The van der Waals surface area contributed by atoms with Crippen LogP contribution < -0.4 is 5.73 Å². The number of rotatable bonds is 5. The number of nitrogens with zero attached hydrogens (tertiary/aromatic N) is 1. The maximum atomic E-state index is 10.7. The minimum atomic E-state index is -0.218. The molecule has 0 aliphatic rings. The number of carbonyl (C=O) groups is 1. The molecule has 0 rings (SSSR count). The van der Waals surface area contributed by atoms with Crippen LogP contribution in [-0.4, -0.2) is 43.1 Å². The van der Waals surface area contributed by atoms with Gasteiger partial charge in [0.2, 0.25) is 0 Å². The Hall–Kier alpha value is -0.680. The molecule has 0 saturated carbocycles. The highest BCUT2D eigenvalue weighted by Gasteiger charge is 2.04. The van der Waals surface area contributed by atoms with Crippen molar-refractivity contribution < 1.29 is 9.53 Å². The van der Waals surface area contributed by atoms with Crippen LogP contribution in [0.5, 0.6) is 0 Å². The van der Waals surface area contributed by atoms with Crippen molar-refractivity contribution in [2.24, 2.45) is 5.73 Å². The van der Waals surface area contributed by atoms with Crippen LogP contribution >= 0.6 is 12.2 Å². The molecule has 12 heavy (non-hydrogen) atoms. The first kappa shape index (κ1) is 11.3. The van der Waals surface area contributed by atoms with Gasteiger partial charge in [0.15, 0.2) is 0 Å². The predicted octanol–water partition coefficient (Wildman–Crippen LogP) is -0.233. The Morgan fingerprint density at radius 3 is 2.67 bits per heavy atom. The zero-order valence-electron chi connectivity index (χ0n) is 7.37. The molecule has 0 aromatic carbocycles. The van der Waals surface area contributed by atoms with E-state index in [9.17, 15) is 4.79 Å². The van der Waals surface area contributed by atoms with E-state index in [4.69, 9.17) is 18.0 Å². The fourth-order valence-electron chi connectivity index (χ4n) is 0.729. The summed E-state index contributed by atoms with van der Waals surface area (Å²) in [6.07, 6.45) is 0.371. The van der Waals surface area contributed by atoms with E-state index >= 15 is 0 Å². The maximum absolute atomic E-state index is 10.7. The number of thiocarbonyl (C=S) groups is 1. The minimum absolute atomic E-state index is 0.218. The van der Waals surface area contributed by atoms with Crippen molar-refractivity contribution >= 4 is 23.2 Å². The molecule has 0 heterocycles. The van der Waals surface area contributed by atoms with E-state index in [2.05, 4.69) is 4.74 Å². The summed E-state index contributed by atoms with van der Waals surface area (Å²) in [7, 11) is 3.22. The third kappa shape index (κ3) is 6.06. The third-order valence-corrected chi connectivity index (χ3v) is 1.48. The maximum Gasteiger partial charge on any atom is 0.306 e. The third-order valence-electron chi connectivity index (χ3n) is 1.35. The first-order chi connectivity index (χ1) is 5.56. The minimum Gasteiger partial charge on any atom is -0.469 e. The van der Waals surface area contributed by atoms with Gasteiger partial charge >= 0.3 is 5.97 Å². The first-order valence-corrected chi connectivity index (χ1v) is 4.00. The van der Waals surface area contributed by atoms with Crippen LogP contribution in [0.15, 0.2) is 0 Å². The largest absolute Gasteiger partial charge is 0.469 e. The van der Waals surface area contributed by atoms with Gasteiger partial charge in [-0.25, -0.2) is 0 Å². The Labute approximate surface area is 77.7 Å². The molecule has 0 atom stereocenters. The van der Waals surface area contributed by atoms with E-state index in [1.165, 1.54) is 7.11 Å². The van der Waals surface area contributed by atoms with Gasteiger partial charge in [-0.05, 0) is 7.05 Å². The van der Waals surface area contributed by atoms with Gasteiger partial charge in [0.25, 0.3) is 0 Å². The van der Waals surface area contributed by atoms with Crippen LogP contribution in [0.25, 0.3) is 0 Å². The van der Waals surface area contributed by atoms with Crippen molar-refractivity contribution in [2.75, 3.05) is 27.2 Å². The number of carbonyl (C=O) groups excluding carboxylic acids is 1. The highest BCUT2D eigenvalue weighted by atomic mass is 32.1. The highest BCUT2D eigenvalue weighted by Crippen LogP contribution is 1.89. The summed E-state index contributed by atoms with van der Waals surface area (Å²) in [4.78, 5) is 13.0. The number of methoxy groups -OCH3 is 1. The summed E-state index contributed by atoms with van der Waals surface area (Å²) in [5, 5.41) is 0. The summed E-state index contributed by atoms with van der Waals surface area (Å²) < 4.78 is 4.48. The second kappa shape index (κ2) is 5.91. The average molecular weight is 190 g/mol. The van der Waals surface area contributed by atoms with Gasteiger partial charge in [0.1, 0.15) is 0 Å². The second-order valence-electron chi connectivity index (χ2n) is 2.53. The smallest absolute Gasteiger partial charge is 0.306 e. The molecule has 0 amide bonds. The number of nitrogens with two attached hydrogens (primary N) is 1. The van der Waals surface area contributed by atoms with E-state index in [1.54, 1.807) is 0 Å². The molecule has 2 N–H and O–H groups in total. The molecule has 0 aromatic heterocycles. The number of hydrogen-bond donors (Lipinski definition) is 1. The van der Waals surface area contributed by atoms with Gasteiger partial charge in [-0.3, -0.25) is 9.69 Å². The van der Waals surface area contributed by atoms with E-state index < -0.39 is 0 Å². The van der Waals surface area contributed by atoms with Crippen LogP contribution in [0.2, 0.25) is 0 Å². The summed E-state index contributed by atoms with van der Waals surface area (Å²) >= 11 is 4.70. The van der Waals surface area contributed by atoms with Crippen molar-refractivity contribution in [3.05, 3.63) is 0 Å². The monoisotopic (exact) mass is 190 g/mol. The topological polar surface area (TPSA) is 55.6 Å². The summed E-state index contributed by atoms with van der Waals surface area (Å²) in [6.45, 7) is 1.15. The van der Waals surface area contributed by atoms with E-state index in [1.807, 2.05) is 11.9 Å². The quantitative estimate of drug-likeness (QED) is 0.479. The van der Waals surface area contributed by atoms with Crippen molar-refractivity contribution in [3.8, 4) is 0 Å². The molecule has 5 heteroatoms. The molecule has 0 unspecified atom stereocenters. The Balaban J connectivity index is 3.50. The molecule has 0 aliphatic carbocycles. The molecule has 0 saturated heterocycles. The lowest BCUT2D eigenvalue weighted by atomic mass is 10.4. The van der Waals surface area contributed by atoms with Gasteiger partial charge in [-0.2, -0.15) is 0 Å². The number of hydrogen-bond acceptors (Lipinski definition) is 4. The molecule has 70 valence electrons. The van der Waals surface area contributed by atoms with Gasteiger partial charge in [0, 0.05) is 13.1 Å². The number of ether oxygens (including phenoxy) is 1. The molecule has 0 aliphatic heterocycles. The van der Waals surface area contributed by atoms with Gasteiger partial charge in [-0.1, -0.05) is 12.2 Å². The van der Waals surface area contributed by atoms with Crippen molar-refractivity contribution in [3.63, 3.8) is 0 Å². The number of likely N-dealkylation sites (N-methyl/N-ethyl adjacent to an activating group) is 1. The van der Waals surface area contributed by atoms with Crippen molar-refractivity contribution in [2.45, 2.75) is 6.42 Å². The first-order valence-electron chi connectivity index (χ1n) is 3.60. The highest BCUT2D eigenvalue weighted by molar-refractivity contribution is 7.80. The molecule has 0 bridgehead atoms. The lowest BCUT2D eigenvalue weighted by molar-refractivity contribution is -0.140. The molecular weight excluding hydrogens is 176 g/mol.